The van der Waals surface area contributed by atoms with E-state index in [0.717, 1.165) is 0 Å². The van der Waals surface area contributed by atoms with E-state index >= 15 is 0 Å². The van der Waals surface area contributed by atoms with Crippen LogP contribution in [0.1, 0.15) is 16.2 Å². The largest absolute Gasteiger partial charge is 0.477 e. The van der Waals surface area contributed by atoms with Crippen molar-refractivity contribution in [3.63, 3.8) is 0 Å². The van der Waals surface area contributed by atoms with E-state index in [-0.39, 0.29) is 18.1 Å². The first kappa shape index (κ1) is 10.4. The molecule has 6 nitrogen and oxygen atoms in total. The maximum absolute atomic E-state index is 10.7. The first-order valence-electron chi connectivity index (χ1n) is 3.59. The summed E-state index contributed by atoms with van der Waals surface area (Å²) in [6.07, 6.45) is 1.27. The topological polar surface area (TPSA) is 80.4 Å². The number of hydrogen-bond acceptors (Lipinski definition) is 4. The van der Waals surface area contributed by atoms with Crippen molar-refractivity contribution in [2.75, 3.05) is 0 Å². The van der Waals surface area contributed by atoms with E-state index in [0.29, 0.717) is 11.5 Å². The van der Waals surface area contributed by atoms with Gasteiger partial charge in [0.25, 0.3) is 5.78 Å². The SMILES string of the molecule is Cc1cc(C(=O)O)n2ncnc2n1.Cl. The second-order valence-electron chi connectivity index (χ2n) is 2.56. The summed E-state index contributed by atoms with van der Waals surface area (Å²) < 4.78 is 1.19. The number of carbonyl (C=O) groups is 1. The van der Waals surface area contributed by atoms with Crippen LogP contribution in [-0.4, -0.2) is 30.7 Å². The van der Waals surface area contributed by atoms with Crippen molar-refractivity contribution >= 4 is 24.2 Å². The van der Waals surface area contributed by atoms with Crippen LogP contribution < -0.4 is 0 Å². The molecule has 74 valence electrons. The monoisotopic (exact) mass is 214 g/mol. The minimum absolute atomic E-state index is 0. The molecule has 2 aromatic heterocycles. The normalized spacial score (nSPS) is 9.79. The van der Waals surface area contributed by atoms with E-state index in [1.807, 2.05) is 0 Å². The van der Waals surface area contributed by atoms with Gasteiger partial charge in [-0.25, -0.2) is 9.78 Å². The van der Waals surface area contributed by atoms with Gasteiger partial charge in [-0.05, 0) is 13.0 Å². The van der Waals surface area contributed by atoms with Crippen LogP contribution in [0.5, 0.6) is 0 Å². The Kier molecular flexibility index (Phi) is 2.66. The first-order valence-corrected chi connectivity index (χ1v) is 3.59. The molecule has 0 saturated carbocycles. The molecule has 2 heterocycles. The summed E-state index contributed by atoms with van der Waals surface area (Å²) in [5.41, 5.74) is 0.679. The third-order valence-corrected chi connectivity index (χ3v) is 1.60. The molecular weight excluding hydrogens is 208 g/mol. The molecule has 2 rings (SSSR count). The van der Waals surface area contributed by atoms with Gasteiger partial charge in [0.2, 0.25) is 0 Å². The van der Waals surface area contributed by atoms with E-state index in [2.05, 4.69) is 15.1 Å². The third kappa shape index (κ3) is 1.51. The molecular formula is C7H7ClN4O2. The molecule has 0 spiro atoms. The molecule has 0 amide bonds. The molecule has 0 atom stereocenters. The Labute approximate surface area is 85.0 Å². The maximum Gasteiger partial charge on any atom is 0.354 e. The van der Waals surface area contributed by atoms with E-state index < -0.39 is 5.97 Å². The minimum Gasteiger partial charge on any atom is -0.477 e. The van der Waals surface area contributed by atoms with Gasteiger partial charge in [-0.2, -0.15) is 14.6 Å². The molecule has 1 N–H and O–H groups in total. The number of fused-ring (bicyclic) bond motifs is 1. The molecule has 0 radical (unpaired) electrons. The molecule has 0 bridgehead atoms. The highest BCUT2D eigenvalue weighted by atomic mass is 35.5. The van der Waals surface area contributed by atoms with Crippen molar-refractivity contribution in [1.29, 1.82) is 0 Å². The molecule has 0 fully saturated rings. The Morgan fingerprint density at radius 1 is 1.57 bits per heavy atom. The average molecular weight is 215 g/mol. The quantitative estimate of drug-likeness (QED) is 0.750. The van der Waals surface area contributed by atoms with Crippen LogP contribution in [-0.2, 0) is 0 Å². The van der Waals surface area contributed by atoms with Gasteiger partial charge in [-0.15, -0.1) is 12.4 Å². The Morgan fingerprint density at radius 3 is 2.93 bits per heavy atom. The molecule has 0 aliphatic rings. The zero-order valence-electron chi connectivity index (χ0n) is 7.21. The highest BCUT2D eigenvalue weighted by Crippen LogP contribution is 2.03. The number of aromatic carboxylic acids is 1. The lowest BCUT2D eigenvalue weighted by molar-refractivity contribution is 0.0687. The summed E-state index contributed by atoms with van der Waals surface area (Å²) in [5, 5.41) is 12.6. The van der Waals surface area contributed by atoms with Crippen LogP contribution in [0.4, 0.5) is 0 Å². The van der Waals surface area contributed by atoms with Crippen LogP contribution in [0.25, 0.3) is 5.78 Å². The zero-order chi connectivity index (χ0) is 9.42. The van der Waals surface area contributed by atoms with Crippen molar-refractivity contribution in [1.82, 2.24) is 19.6 Å². The van der Waals surface area contributed by atoms with Crippen LogP contribution in [0.3, 0.4) is 0 Å². The maximum atomic E-state index is 10.7. The standard InChI is InChI=1S/C7H6N4O2.ClH/c1-4-2-5(6(12)13)11-7(10-4)8-3-9-11;/h2-3H,1H3,(H,12,13);1H. The highest BCUT2D eigenvalue weighted by molar-refractivity contribution is 5.86. The smallest absolute Gasteiger partial charge is 0.354 e. The van der Waals surface area contributed by atoms with Gasteiger partial charge in [0.05, 0.1) is 0 Å². The number of carboxylic acids is 1. The van der Waals surface area contributed by atoms with Gasteiger partial charge in [-0.3, -0.25) is 0 Å². The van der Waals surface area contributed by atoms with E-state index in [1.54, 1.807) is 6.92 Å². The Morgan fingerprint density at radius 2 is 2.29 bits per heavy atom. The van der Waals surface area contributed by atoms with E-state index in [9.17, 15) is 4.79 Å². The lowest BCUT2D eigenvalue weighted by Crippen LogP contribution is -2.08. The summed E-state index contributed by atoms with van der Waals surface area (Å²) in [5.74, 6) is -0.738. The van der Waals surface area contributed by atoms with Crippen molar-refractivity contribution in [3.05, 3.63) is 23.8 Å². The summed E-state index contributed by atoms with van der Waals surface area (Å²) >= 11 is 0. The molecule has 0 aliphatic heterocycles. The molecule has 7 heteroatoms. The van der Waals surface area contributed by atoms with Gasteiger partial charge < -0.3 is 5.11 Å². The number of aryl methyl sites for hydroxylation is 1. The number of hydrogen-bond donors (Lipinski definition) is 1. The predicted molar refractivity (Wildman–Crippen MR) is 49.7 cm³/mol. The van der Waals surface area contributed by atoms with Crippen molar-refractivity contribution in [3.8, 4) is 0 Å². The third-order valence-electron chi connectivity index (χ3n) is 1.60. The van der Waals surface area contributed by atoms with Gasteiger partial charge in [0.1, 0.15) is 6.33 Å². The lowest BCUT2D eigenvalue weighted by Gasteiger charge is -1.98. The summed E-state index contributed by atoms with van der Waals surface area (Å²) in [6.45, 7) is 1.71. The average Bonchev–Trinajstić information content (AvgIpc) is 2.49. The van der Waals surface area contributed by atoms with Crippen LogP contribution in [0.2, 0.25) is 0 Å². The summed E-state index contributed by atoms with van der Waals surface area (Å²) in [4.78, 5) is 18.6. The number of aromatic nitrogens is 4. The molecule has 0 aromatic carbocycles. The first-order chi connectivity index (χ1) is 6.18. The Bertz CT molecular complexity index is 481. The molecule has 2 aromatic rings. The van der Waals surface area contributed by atoms with Crippen molar-refractivity contribution in [2.45, 2.75) is 6.92 Å². The van der Waals surface area contributed by atoms with Crippen LogP contribution in [0, 0.1) is 6.92 Å². The van der Waals surface area contributed by atoms with Gasteiger partial charge in [-0.1, -0.05) is 0 Å². The summed E-state index contributed by atoms with van der Waals surface area (Å²) in [7, 11) is 0. The van der Waals surface area contributed by atoms with E-state index in [4.69, 9.17) is 5.11 Å². The van der Waals surface area contributed by atoms with Crippen LogP contribution >= 0.6 is 12.4 Å². The molecule has 0 aliphatic carbocycles. The highest BCUT2D eigenvalue weighted by Gasteiger charge is 2.11. The fourth-order valence-electron chi connectivity index (χ4n) is 1.08. The number of nitrogens with zero attached hydrogens (tertiary/aromatic N) is 4. The Hall–Kier alpha value is -1.69. The number of halogens is 1. The lowest BCUT2D eigenvalue weighted by atomic mass is 10.3. The summed E-state index contributed by atoms with van der Waals surface area (Å²) in [6, 6.07) is 1.45. The fourth-order valence-corrected chi connectivity index (χ4v) is 1.08. The second kappa shape index (κ2) is 3.59. The molecule has 0 unspecified atom stereocenters. The number of carboxylic acid groups (broad SMARTS) is 1. The molecule has 14 heavy (non-hydrogen) atoms. The second-order valence-corrected chi connectivity index (χ2v) is 2.56. The minimum atomic E-state index is -1.04. The van der Waals surface area contributed by atoms with Crippen molar-refractivity contribution < 1.29 is 9.90 Å². The van der Waals surface area contributed by atoms with Crippen molar-refractivity contribution in [2.24, 2.45) is 0 Å². The number of rotatable bonds is 1. The van der Waals surface area contributed by atoms with E-state index in [1.165, 1.54) is 16.9 Å². The van der Waals surface area contributed by atoms with Gasteiger partial charge in [0, 0.05) is 5.69 Å². The molecule has 0 saturated heterocycles. The predicted octanol–water partition coefficient (Wildman–Crippen LogP) is 0.553. The van der Waals surface area contributed by atoms with Gasteiger partial charge in [0.15, 0.2) is 5.69 Å². The van der Waals surface area contributed by atoms with Crippen LogP contribution in [0.15, 0.2) is 12.4 Å². The zero-order valence-corrected chi connectivity index (χ0v) is 8.02. The van der Waals surface area contributed by atoms with Gasteiger partial charge >= 0.3 is 5.97 Å². The fraction of sp³-hybridized carbons (Fsp3) is 0.143. The Balaban J connectivity index is 0.000000980.